The van der Waals surface area contributed by atoms with Gasteiger partial charge in [-0.2, -0.15) is 0 Å². The molecule has 236 valence electrons. The Morgan fingerprint density at radius 1 is 0.800 bits per heavy atom. The van der Waals surface area contributed by atoms with Gasteiger partial charge in [0.15, 0.2) is 0 Å². The van der Waals surface area contributed by atoms with Gasteiger partial charge < -0.3 is 10.2 Å². The van der Waals surface area contributed by atoms with Gasteiger partial charge in [0, 0.05) is 24.5 Å². The molecule has 2 amide bonds. The van der Waals surface area contributed by atoms with E-state index in [2.05, 4.69) is 5.32 Å². The van der Waals surface area contributed by atoms with Crippen LogP contribution in [0.4, 0.5) is 5.69 Å². The number of rotatable bonds is 13. The molecule has 1 atom stereocenters. The van der Waals surface area contributed by atoms with Crippen LogP contribution in [0.25, 0.3) is 0 Å². The summed E-state index contributed by atoms with van der Waals surface area (Å²) in [5.41, 5.74) is 3.86. The second-order valence-electron chi connectivity index (χ2n) is 11.7. The Morgan fingerprint density at radius 2 is 1.47 bits per heavy atom. The van der Waals surface area contributed by atoms with Crippen molar-refractivity contribution in [1.29, 1.82) is 0 Å². The van der Waals surface area contributed by atoms with Crippen LogP contribution in [-0.2, 0) is 32.6 Å². The number of aryl methyl sites for hydroxylation is 2. The first kappa shape index (κ1) is 33.7. The van der Waals surface area contributed by atoms with Gasteiger partial charge in [0.1, 0.15) is 12.6 Å². The van der Waals surface area contributed by atoms with Crippen molar-refractivity contribution in [3.63, 3.8) is 0 Å². The smallest absolute Gasteiger partial charge is 0.264 e. The van der Waals surface area contributed by atoms with E-state index < -0.39 is 28.5 Å². The van der Waals surface area contributed by atoms with Gasteiger partial charge in [0.2, 0.25) is 11.8 Å². The lowest BCUT2D eigenvalue weighted by atomic mass is 10.0. The van der Waals surface area contributed by atoms with E-state index in [4.69, 9.17) is 11.6 Å². The fourth-order valence-corrected chi connectivity index (χ4v) is 6.57. The molecule has 4 aromatic carbocycles. The van der Waals surface area contributed by atoms with Gasteiger partial charge in [0.25, 0.3) is 10.0 Å². The van der Waals surface area contributed by atoms with E-state index in [1.54, 1.807) is 30.3 Å². The maximum atomic E-state index is 14.5. The Labute approximate surface area is 271 Å². The van der Waals surface area contributed by atoms with E-state index in [-0.39, 0.29) is 35.4 Å². The molecule has 45 heavy (non-hydrogen) atoms. The number of nitrogens with zero attached hydrogens (tertiary/aromatic N) is 2. The third kappa shape index (κ3) is 9.19. The molecule has 9 heteroatoms. The van der Waals surface area contributed by atoms with E-state index in [1.165, 1.54) is 23.1 Å². The van der Waals surface area contributed by atoms with Gasteiger partial charge in [-0.05, 0) is 61.2 Å². The van der Waals surface area contributed by atoms with Gasteiger partial charge in [-0.3, -0.25) is 13.9 Å². The number of sulfonamides is 1. The zero-order valence-electron chi connectivity index (χ0n) is 26.1. The number of halogens is 1. The Bertz CT molecular complexity index is 1710. The lowest BCUT2D eigenvalue weighted by Crippen LogP contribution is -2.53. The van der Waals surface area contributed by atoms with Crippen LogP contribution in [0.15, 0.2) is 108 Å². The number of carbonyl (C=O) groups is 2. The molecular formula is C36H40ClN3O4S. The Morgan fingerprint density at radius 3 is 2.11 bits per heavy atom. The molecule has 0 saturated carbocycles. The minimum absolute atomic E-state index is 0.0432. The summed E-state index contributed by atoms with van der Waals surface area (Å²) in [7, 11) is -4.20. The summed E-state index contributed by atoms with van der Waals surface area (Å²) in [5.74, 6) is -0.623. The van der Waals surface area contributed by atoms with Crippen molar-refractivity contribution in [3.05, 3.63) is 130 Å². The molecule has 4 aromatic rings. The van der Waals surface area contributed by atoms with Crippen molar-refractivity contribution in [2.75, 3.05) is 17.4 Å². The van der Waals surface area contributed by atoms with E-state index in [1.807, 2.05) is 82.3 Å². The van der Waals surface area contributed by atoms with Crippen LogP contribution < -0.4 is 9.62 Å². The standard InChI is InChI=1S/C36H40ClN3O4S/c1-26(2)23-38-36(42)34(21-29-11-6-5-7-12-29)39(24-30-13-8-10-28(4)20-30)35(41)25-40(32-15-9-14-31(37)22-32)45(43,44)33-18-16-27(3)17-19-33/h5-20,22,26,34H,21,23-25H2,1-4H3,(H,38,42). The number of amides is 2. The monoisotopic (exact) mass is 645 g/mol. The molecule has 0 aliphatic rings. The molecule has 0 bridgehead atoms. The summed E-state index contributed by atoms with van der Waals surface area (Å²) >= 11 is 6.30. The molecule has 0 aliphatic carbocycles. The molecule has 1 unspecified atom stereocenters. The predicted octanol–water partition coefficient (Wildman–Crippen LogP) is 6.56. The molecular weight excluding hydrogens is 606 g/mol. The van der Waals surface area contributed by atoms with E-state index >= 15 is 0 Å². The third-order valence-electron chi connectivity index (χ3n) is 7.38. The Kier molecular flexibility index (Phi) is 11.4. The first-order valence-electron chi connectivity index (χ1n) is 15.0. The first-order valence-corrected chi connectivity index (χ1v) is 16.8. The van der Waals surface area contributed by atoms with Crippen LogP contribution in [-0.4, -0.2) is 44.3 Å². The van der Waals surface area contributed by atoms with Crippen LogP contribution in [0, 0.1) is 19.8 Å². The zero-order valence-corrected chi connectivity index (χ0v) is 27.7. The van der Waals surface area contributed by atoms with Crippen molar-refractivity contribution in [2.24, 2.45) is 5.92 Å². The van der Waals surface area contributed by atoms with Crippen molar-refractivity contribution in [1.82, 2.24) is 10.2 Å². The largest absolute Gasteiger partial charge is 0.354 e. The second kappa shape index (κ2) is 15.2. The molecule has 0 spiro atoms. The molecule has 4 rings (SSSR count). The molecule has 0 heterocycles. The highest BCUT2D eigenvalue weighted by Gasteiger charge is 2.34. The average molecular weight is 646 g/mol. The highest BCUT2D eigenvalue weighted by molar-refractivity contribution is 7.92. The highest BCUT2D eigenvalue weighted by Crippen LogP contribution is 2.27. The van der Waals surface area contributed by atoms with E-state index in [0.29, 0.717) is 11.6 Å². The van der Waals surface area contributed by atoms with Gasteiger partial charge >= 0.3 is 0 Å². The third-order valence-corrected chi connectivity index (χ3v) is 9.40. The number of benzene rings is 4. The fraction of sp³-hybridized carbons (Fsp3) is 0.278. The SMILES string of the molecule is Cc1ccc(S(=O)(=O)N(CC(=O)N(Cc2cccc(C)c2)C(Cc2ccccc2)C(=O)NCC(C)C)c2cccc(Cl)c2)cc1. The minimum Gasteiger partial charge on any atom is -0.354 e. The van der Waals surface area contributed by atoms with E-state index in [0.717, 1.165) is 26.6 Å². The highest BCUT2D eigenvalue weighted by atomic mass is 35.5. The van der Waals surface area contributed by atoms with Crippen LogP contribution >= 0.6 is 11.6 Å². The lowest BCUT2D eigenvalue weighted by Gasteiger charge is -2.34. The average Bonchev–Trinajstić information content (AvgIpc) is 3.01. The molecule has 7 nitrogen and oxygen atoms in total. The molecule has 0 radical (unpaired) electrons. The van der Waals surface area contributed by atoms with Crippen LogP contribution in [0.2, 0.25) is 5.02 Å². The first-order chi connectivity index (χ1) is 21.4. The summed E-state index contributed by atoms with van der Waals surface area (Å²) in [6.07, 6.45) is 0.254. The topological polar surface area (TPSA) is 86.8 Å². The van der Waals surface area contributed by atoms with Gasteiger partial charge in [0.05, 0.1) is 10.6 Å². The predicted molar refractivity (Wildman–Crippen MR) is 181 cm³/mol. The number of hydrogen-bond acceptors (Lipinski definition) is 4. The normalized spacial score (nSPS) is 12.0. The molecule has 0 saturated heterocycles. The van der Waals surface area contributed by atoms with Crippen molar-refractivity contribution < 1.29 is 18.0 Å². The van der Waals surface area contributed by atoms with Crippen LogP contribution in [0.3, 0.4) is 0 Å². The van der Waals surface area contributed by atoms with Gasteiger partial charge in [-0.1, -0.05) is 109 Å². The lowest BCUT2D eigenvalue weighted by molar-refractivity contribution is -0.140. The van der Waals surface area contributed by atoms with Gasteiger partial charge in [-0.15, -0.1) is 0 Å². The molecule has 0 fully saturated rings. The van der Waals surface area contributed by atoms with Crippen molar-refractivity contribution in [2.45, 2.75) is 51.6 Å². The van der Waals surface area contributed by atoms with Crippen molar-refractivity contribution >= 4 is 39.1 Å². The molecule has 0 aromatic heterocycles. The maximum absolute atomic E-state index is 14.5. The minimum atomic E-state index is -4.20. The number of hydrogen-bond donors (Lipinski definition) is 1. The summed E-state index contributed by atoms with van der Waals surface area (Å²) in [6.45, 7) is 7.84. The number of nitrogens with one attached hydrogen (secondary N) is 1. The van der Waals surface area contributed by atoms with Crippen molar-refractivity contribution in [3.8, 4) is 0 Å². The van der Waals surface area contributed by atoms with Crippen LogP contribution in [0.5, 0.6) is 0 Å². The summed E-state index contributed by atoms with van der Waals surface area (Å²) in [4.78, 5) is 29.9. The molecule has 1 N–H and O–H groups in total. The van der Waals surface area contributed by atoms with Crippen LogP contribution in [0.1, 0.15) is 36.1 Å². The zero-order chi connectivity index (χ0) is 32.6. The molecule has 0 aliphatic heterocycles. The number of anilines is 1. The van der Waals surface area contributed by atoms with Gasteiger partial charge in [-0.25, -0.2) is 8.42 Å². The van der Waals surface area contributed by atoms with E-state index in [9.17, 15) is 18.0 Å². The Balaban J connectivity index is 1.80. The summed E-state index contributed by atoms with van der Waals surface area (Å²) < 4.78 is 29.3. The fourth-order valence-electron chi connectivity index (χ4n) is 4.98. The summed E-state index contributed by atoms with van der Waals surface area (Å²) in [5, 5.41) is 3.34. The quantitative estimate of drug-likeness (QED) is 0.178. The Hall–Kier alpha value is -4.14. The second-order valence-corrected chi connectivity index (χ2v) is 14.0. The maximum Gasteiger partial charge on any atom is 0.264 e. The number of carbonyl (C=O) groups excluding carboxylic acids is 2. The summed E-state index contributed by atoms with van der Waals surface area (Å²) in [6, 6.07) is 29.2.